The summed E-state index contributed by atoms with van der Waals surface area (Å²) in [6.07, 6.45) is 0. The Morgan fingerprint density at radius 3 is 1.45 bits per heavy atom. The molecule has 0 aliphatic heterocycles. The fourth-order valence-corrected chi connectivity index (χ4v) is 9.34. The first kappa shape index (κ1) is 30.3. The van der Waals surface area contributed by atoms with Crippen molar-refractivity contribution in [2.75, 3.05) is 0 Å². The number of fused-ring (bicyclic) bond motifs is 10. The molecule has 0 radical (unpaired) electrons. The van der Waals surface area contributed by atoms with Gasteiger partial charge in [0.25, 0.3) is 0 Å². The van der Waals surface area contributed by atoms with Crippen molar-refractivity contribution in [3.05, 3.63) is 194 Å². The van der Waals surface area contributed by atoms with Crippen molar-refractivity contribution in [2.45, 2.75) is 0 Å². The third-order valence-corrected chi connectivity index (χ3v) is 11.8. The normalized spacial score (nSPS) is 12.0. The molecule has 0 aliphatic rings. The molecule has 1 aromatic heterocycles. The smallest absolute Gasteiger partial charge is 0.143 e. The van der Waals surface area contributed by atoms with Crippen LogP contribution in [0.2, 0.25) is 0 Å². The molecule has 11 aromatic carbocycles. The van der Waals surface area contributed by atoms with Crippen molar-refractivity contribution in [1.29, 1.82) is 0 Å². The van der Waals surface area contributed by atoms with Crippen molar-refractivity contribution >= 4 is 86.6 Å². The van der Waals surface area contributed by atoms with Crippen LogP contribution < -0.4 is 0 Å². The molecule has 1 heterocycles. The predicted molar refractivity (Wildman–Crippen MR) is 235 cm³/mol. The molecule has 12 rings (SSSR count). The summed E-state index contributed by atoms with van der Waals surface area (Å²) in [7, 11) is 0. The third kappa shape index (κ3) is 4.48. The van der Waals surface area contributed by atoms with Gasteiger partial charge in [0.15, 0.2) is 0 Å². The molecule has 0 amide bonds. The van der Waals surface area contributed by atoms with Crippen LogP contribution in [0.5, 0.6) is 0 Å². The van der Waals surface area contributed by atoms with E-state index in [1.54, 1.807) is 0 Å². The van der Waals surface area contributed by atoms with Crippen LogP contribution >= 0.6 is 0 Å². The summed E-state index contributed by atoms with van der Waals surface area (Å²) in [6.45, 7) is 0. The monoisotopic (exact) mass is 696 g/mol. The zero-order valence-electron chi connectivity index (χ0n) is 29.9. The molecule has 0 N–H and O–H groups in total. The summed E-state index contributed by atoms with van der Waals surface area (Å²) < 4.78 is 6.58. The van der Waals surface area contributed by atoms with Gasteiger partial charge in [-0.1, -0.05) is 170 Å². The van der Waals surface area contributed by atoms with Crippen LogP contribution in [-0.2, 0) is 0 Å². The Bertz CT molecular complexity index is 3490. The molecule has 55 heavy (non-hydrogen) atoms. The van der Waals surface area contributed by atoms with Crippen LogP contribution in [0.3, 0.4) is 0 Å². The lowest BCUT2D eigenvalue weighted by molar-refractivity contribution is 0.673. The van der Waals surface area contributed by atoms with Crippen molar-refractivity contribution in [2.24, 2.45) is 0 Å². The number of rotatable bonds is 3. The molecule has 254 valence electrons. The van der Waals surface area contributed by atoms with Gasteiger partial charge in [-0.2, -0.15) is 0 Å². The van der Waals surface area contributed by atoms with Crippen molar-refractivity contribution in [3.63, 3.8) is 0 Å². The lowest BCUT2D eigenvalue weighted by atomic mass is 9.83. The van der Waals surface area contributed by atoms with E-state index in [1.807, 2.05) is 0 Å². The highest BCUT2D eigenvalue weighted by atomic mass is 16.3. The maximum absolute atomic E-state index is 6.58. The standard InChI is InChI=1S/C54H32O/c1-3-15-38-33(12-1)14-11-23-43(38)52-44-19-7-9-21-46(44)53(47-22-10-8-20-45(47)52)48-29-28-39(41-17-5-6-18-42(41)48)36-25-24-35-31-50-49-27-26-34-13-2-4-16-40(34)54(49)55-51(50)32-37(35)30-36/h1-32H. The maximum Gasteiger partial charge on any atom is 0.143 e. The first-order valence-electron chi connectivity index (χ1n) is 19.0. The average Bonchev–Trinajstić information content (AvgIpc) is 3.62. The summed E-state index contributed by atoms with van der Waals surface area (Å²) in [6, 6.07) is 71.1. The molecule has 0 atom stereocenters. The Morgan fingerprint density at radius 2 is 0.764 bits per heavy atom. The molecule has 0 unspecified atom stereocenters. The Hall–Kier alpha value is -7.22. The van der Waals surface area contributed by atoms with Gasteiger partial charge in [0.1, 0.15) is 11.2 Å². The van der Waals surface area contributed by atoms with Gasteiger partial charge in [0.2, 0.25) is 0 Å². The second-order valence-corrected chi connectivity index (χ2v) is 14.7. The average molecular weight is 697 g/mol. The van der Waals surface area contributed by atoms with E-state index in [0.29, 0.717) is 0 Å². The summed E-state index contributed by atoms with van der Waals surface area (Å²) in [4.78, 5) is 0. The van der Waals surface area contributed by atoms with Crippen molar-refractivity contribution < 1.29 is 4.42 Å². The zero-order valence-corrected chi connectivity index (χ0v) is 29.9. The Morgan fingerprint density at radius 1 is 0.255 bits per heavy atom. The highest BCUT2D eigenvalue weighted by Crippen LogP contribution is 2.48. The zero-order chi connectivity index (χ0) is 36.0. The second-order valence-electron chi connectivity index (χ2n) is 14.7. The lowest BCUT2D eigenvalue weighted by Crippen LogP contribution is -1.93. The van der Waals surface area contributed by atoms with Crippen LogP contribution in [0, 0.1) is 0 Å². The fourth-order valence-electron chi connectivity index (χ4n) is 9.34. The third-order valence-electron chi connectivity index (χ3n) is 11.8. The van der Waals surface area contributed by atoms with E-state index in [-0.39, 0.29) is 0 Å². The highest BCUT2D eigenvalue weighted by Gasteiger charge is 2.20. The summed E-state index contributed by atoms with van der Waals surface area (Å²) in [5.74, 6) is 0. The quantitative estimate of drug-likeness (QED) is 0.168. The number of benzene rings is 11. The number of hydrogen-bond acceptors (Lipinski definition) is 1. The van der Waals surface area contributed by atoms with Crippen LogP contribution in [-0.4, -0.2) is 0 Å². The molecular weight excluding hydrogens is 665 g/mol. The summed E-state index contributed by atoms with van der Waals surface area (Å²) in [5.41, 5.74) is 9.36. The van der Waals surface area contributed by atoms with E-state index < -0.39 is 0 Å². The van der Waals surface area contributed by atoms with Crippen molar-refractivity contribution in [1.82, 2.24) is 0 Å². The Kier molecular flexibility index (Phi) is 6.40. The maximum atomic E-state index is 6.58. The van der Waals surface area contributed by atoms with Gasteiger partial charge in [-0.05, 0) is 117 Å². The van der Waals surface area contributed by atoms with Gasteiger partial charge in [0, 0.05) is 16.2 Å². The molecule has 0 aliphatic carbocycles. The van der Waals surface area contributed by atoms with E-state index in [1.165, 1.54) is 92.6 Å². The highest BCUT2D eigenvalue weighted by molar-refractivity contribution is 6.26. The minimum atomic E-state index is 0.918. The number of furan rings is 1. The van der Waals surface area contributed by atoms with Crippen LogP contribution in [0.1, 0.15) is 0 Å². The minimum Gasteiger partial charge on any atom is -0.455 e. The summed E-state index contributed by atoms with van der Waals surface area (Å²) in [5, 5.41) is 17.1. The lowest BCUT2D eigenvalue weighted by Gasteiger charge is -2.20. The molecule has 1 nitrogen and oxygen atoms in total. The summed E-state index contributed by atoms with van der Waals surface area (Å²) >= 11 is 0. The topological polar surface area (TPSA) is 13.1 Å². The van der Waals surface area contributed by atoms with Crippen LogP contribution in [0.15, 0.2) is 199 Å². The molecule has 0 bridgehead atoms. The van der Waals surface area contributed by atoms with Gasteiger partial charge >= 0.3 is 0 Å². The minimum absolute atomic E-state index is 0.918. The van der Waals surface area contributed by atoms with Gasteiger partial charge in [-0.15, -0.1) is 0 Å². The van der Waals surface area contributed by atoms with Crippen molar-refractivity contribution in [3.8, 4) is 33.4 Å². The van der Waals surface area contributed by atoms with E-state index in [4.69, 9.17) is 4.42 Å². The predicted octanol–water partition coefficient (Wildman–Crippen LogP) is 15.5. The number of hydrogen-bond donors (Lipinski definition) is 0. The molecule has 12 aromatic rings. The van der Waals surface area contributed by atoms with Gasteiger partial charge < -0.3 is 4.42 Å². The van der Waals surface area contributed by atoms with Gasteiger partial charge in [-0.25, -0.2) is 0 Å². The van der Waals surface area contributed by atoms with Gasteiger partial charge in [-0.3, -0.25) is 0 Å². The van der Waals surface area contributed by atoms with Crippen LogP contribution in [0.4, 0.5) is 0 Å². The molecule has 0 saturated heterocycles. The molecular formula is C54H32O. The van der Waals surface area contributed by atoms with E-state index >= 15 is 0 Å². The van der Waals surface area contributed by atoms with E-state index in [9.17, 15) is 0 Å². The molecule has 0 saturated carbocycles. The first-order chi connectivity index (χ1) is 27.3. The molecule has 0 fully saturated rings. The first-order valence-corrected chi connectivity index (χ1v) is 19.0. The van der Waals surface area contributed by atoms with E-state index in [0.717, 1.165) is 27.3 Å². The largest absolute Gasteiger partial charge is 0.455 e. The second kappa shape index (κ2) is 11.6. The van der Waals surface area contributed by atoms with Gasteiger partial charge in [0.05, 0.1) is 0 Å². The molecule has 1 heteroatoms. The molecule has 0 spiro atoms. The Labute approximate surface area is 317 Å². The van der Waals surface area contributed by atoms with Crippen LogP contribution in [0.25, 0.3) is 120 Å². The Balaban J connectivity index is 1.07. The fraction of sp³-hybridized carbons (Fsp3) is 0. The van der Waals surface area contributed by atoms with E-state index in [2.05, 4.69) is 194 Å². The SMILES string of the molecule is c1ccc2c(-c3c4ccccc4c(-c4ccc(-c5ccc6cc7c(cc6c5)oc5c6ccccc6ccc75)c5ccccc45)c4ccccc34)cccc2c1.